The van der Waals surface area contributed by atoms with Crippen molar-refractivity contribution in [2.24, 2.45) is 0 Å². The minimum atomic E-state index is -2.67. The molecule has 2 nitrogen and oxygen atoms in total. The van der Waals surface area contributed by atoms with Gasteiger partial charge in [-0.15, -0.1) is 0 Å². The smallest absolute Gasteiger partial charge is 0.197 e. The SMILES string of the molecule is CCCP(C)(=O)O.[Ca]. The molecule has 1 unspecified atom stereocenters. The van der Waals surface area contributed by atoms with Gasteiger partial charge in [0, 0.05) is 50.6 Å². The van der Waals surface area contributed by atoms with Crippen molar-refractivity contribution in [2.75, 3.05) is 12.8 Å². The Balaban J connectivity index is 0. The van der Waals surface area contributed by atoms with Crippen LogP contribution in [0, 0.1) is 0 Å². The average molecular weight is 162 g/mol. The summed E-state index contributed by atoms with van der Waals surface area (Å²) in [5.74, 6) is 0. The molecule has 0 rings (SSSR count). The fourth-order valence-corrected chi connectivity index (χ4v) is 1.24. The normalized spacial score (nSPS) is 16.4. The van der Waals surface area contributed by atoms with Crippen LogP contribution in [-0.2, 0) is 4.57 Å². The van der Waals surface area contributed by atoms with Crippen molar-refractivity contribution in [3.63, 3.8) is 0 Å². The molecule has 0 aliphatic heterocycles. The van der Waals surface area contributed by atoms with Crippen LogP contribution >= 0.6 is 7.37 Å². The monoisotopic (exact) mass is 162 g/mol. The summed E-state index contributed by atoms with van der Waals surface area (Å²) < 4.78 is 10.4. The van der Waals surface area contributed by atoms with E-state index in [-0.39, 0.29) is 37.7 Å². The van der Waals surface area contributed by atoms with Gasteiger partial charge in [-0.2, -0.15) is 0 Å². The Hall–Kier alpha value is 1.45. The Morgan fingerprint density at radius 3 is 2.00 bits per heavy atom. The summed E-state index contributed by atoms with van der Waals surface area (Å²) in [6, 6.07) is 0. The van der Waals surface area contributed by atoms with Gasteiger partial charge in [-0.05, 0) is 6.42 Å². The van der Waals surface area contributed by atoms with Crippen molar-refractivity contribution in [1.29, 1.82) is 0 Å². The summed E-state index contributed by atoms with van der Waals surface area (Å²) in [5, 5.41) is 0. The van der Waals surface area contributed by atoms with E-state index in [1.165, 1.54) is 6.66 Å². The van der Waals surface area contributed by atoms with E-state index in [1.54, 1.807) is 0 Å². The van der Waals surface area contributed by atoms with E-state index in [0.29, 0.717) is 6.16 Å². The zero-order valence-corrected chi connectivity index (χ0v) is 8.53. The van der Waals surface area contributed by atoms with Gasteiger partial charge in [-0.1, -0.05) is 6.92 Å². The zero-order valence-electron chi connectivity index (χ0n) is 5.42. The molecule has 0 saturated heterocycles. The molecule has 0 bridgehead atoms. The van der Waals surface area contributed by atoms with Gasteiger partial charge in [0.1, 0.15) is 0 Å². The summed E-state index contributed by atoms with van der Waals surface area (Å²) >= 11 is 0. The fourth-order valence-electron chi connectivity index (χ4n) is 0.415. The molecule has 8 heavy (non-hydrogen) atoms. The first-order chi connectivity index (χ1) is 3.06. The largest absolute Gasteiger partial charge is 0.344 e. The number of rotatable bonds is 2. The van der Waals surface area contributed by atoms with Crippen molar-refractivity contribution in [3.8, 4) is 0 Å². The molecule has 0 aromatic carbocycles. The second-order valence-corrected chi connectivity index (χ2v) is 4.32. The van der Waals surface area contributed by atoms with Gasteiger partial charge in [0.2, 0.25) is 0 Å². The Morgan fingerprint density at radius 2 is 2.00 bits per heavy atom. The van der Waals surface area contributed by atoms with Crippen LogP contribution in [-0.4, -0.2) is 55.5 Å². The Kier molecular flexibility index (Phi) is 7.98. The van der Waals surface area contributed by atoms with E-state index in [9.17, 15) is 4.57 Å². The first kappa shape index (κ1) is 12.2. The van der Waals surface area contributed by atoms with Crippen molar-refractivity contribution in [2.45, 2.75) is 13.3 Å². The van der Waals surface area contributed by atoms with E-state index >= 15 is 0 Å². The summed E-state index contributed by atoms with van der Waals surface area (Å²) in [6.45, 7) is 3.28. The maximum absolute atomic E-state index is 10.4. The van der Waals surface area contributed by atoms with Gasteiger partial charge < -0.3 is 4.89 Å². The third-order valence-electron chi connectivity index (χ3n) is 0.639. The van der Waals surface area contributed by atoms with Crippen molar-refractivity contribution >= 4 is 45.1 Å². The van der Waals surface area contributed by atoms with E-state index in [2.05, 4.69) is 0 Å². The third kappa shape index (κ3) is 10.4. The molecule has 0 aliphatic rings. The van der Waals surface area contributed by atoms with E-state index in [4.69, 9.17) is 4.89 Å². The summed E-state index contributed by atoms with van der Waals surface area (Å²) in [4.78, 5) is 8.57. The van der Waals surface area contributed by atoms with Crippen molar-refractivity contribution < 1.29 is 9.46 Å². The molecule has 0 aliphatic carbocycles. The molecule has 0 aromatic rings. The summed E-state index contributed by atoms with van der Waals surface area (Å²) in [6.07, 6.45) is 1.25. The molecular weight excluding hydrogens is 151 g/mol. The van der Waals surface area contributed by atoms with Crippen LogP contribution in [0.4, 0.5) is 0 Å². The predicted molar refractivity (Wildman–Crippen MR) is 36.7 cm³/mol. The van der Waals surface area contributed by atoms with Crippen LogP contribution in [0.5, 0.6) is 0 Å². The molecule has 1 N–H and O–H groups in total. The standard InChI is InChI=1S/C4H11O2P.Ca/c1-3-4-7(2,5)6;/h3-4H2,1-2H3,(H,5,6);. The second kappa shape index (κ2) is 5.25. The third-order valence-corrected chi connectivity index (χ3v) is 1.92. The molecule has 0 aromatic heterocycles. The molecule has 0 amide bonds. The van der Waals surface area contributed by atoms with Crippen LogP contribution in [0.3, 0.4) is 0 Å². The average Bonchev–Trinajstić information content (AvgIpc) is 1.30. The fraction of sp³-hybridized carbons (Fsp3) is 1.00. The van der Waals surface area contributed by atoms with E-state index in [1.807, 2.05) is 6.92 Å². The van der Waals surface area contributed by atoms with E-state index < -0.39 is 7.37 Å². The second-order valence-electron chi connectivity index (χ2n) is 1.77. The Bertz CT molecular complexity index is 88.0. The minimum absolute atomic E-state index is 0. The van der Waals surface area contributed by atoms with Gasteiger partial charge in [0.15, 0.2) is 7.37 Å². The van der Waals surface area contributed by atoms with Gasteiger partial charge in [0.05, 0.1) is 0 Å². The Morgan fingerprint density at radius 1 is 1.62 bits per heavy atom. The van der Waals surface area contributed by atoms with Crippen LogP contribution in [0.1, 0.15) is 13.3 Å². The molecule has 0 saturated carbocycles. The predicted octanol–water partition coefficient (Wildman–Crippen LogP) is 0.916. The van der Waals surface area contributed by atoms with Crippen molar-refractivity contribution in [1.82, 2.24) is 0 Å². The first-order valence-corrected chi connectivity index (χ1v) is 4.65. The minimum Gasteiger partial charge on any atom is -0.344 e. The molecule has 46 valence electrons. The molecule has 1 atom stereocenters. The van der Waals surface area contributed by atoms with Crippen molar-refractivity contribution in [3.05, 3.63) is 0 Å². The molecule has 4 heteroatoms. The zero-order chi connectivity index (χ0) is 5.91. The molecular formula is C4H11CaO2P. The van der Waals surface area contributed by atoms with Crippen LogP contribution < -0.4 is 0 Å². The summed E-state index contributed by atoms with van der Waals surface area (Å²) in [7, 11) is -2.67. The Labute approximate surface area is 80.1 Å². The molecule has 0 heterocycles. The number of hydrogen-bond acceptors (Lipinski definition) is 1. The first-order valence-electron chi connectivity index (χ1n) is 2.35. The van der Waals surface area contributed by atoms with Gasteiger partial charge in [-0.3, -0.25) is 4.57 Å². The van der Waals surface area contributed by atoms with E-state index in [0.717, 1.165) is 6.42 Å². The quantitative estimate of drug-likeness (QED) is 0.484. The summed E-state index contributed by atoms with van der Waals surface area (Å²) in [5.41, 5.74) is 0. The maximum atomic E-state index is 10.4. The number of hydrogen-bond donors (Lipinski definition) is 1. The van der Waals surface area contributed by atoms with Crippen LogP contribution in [0.25, 0.3) is 0 Å². The van der Waals surface area contributed by atoms with Gasteiger partial charge in [0.25, 0.3) is 0 Å². The van der Waals surface area contributed by atoms with Crippen LogP contribution in [0.2, 0.25) is 0 Å². The molecule has 2 radical (unpaired) electrons. The topological polar surface area (TPSA) is 37.3 Å². The van der Waals surface area contributed by atoms with Crippen LogP contribution in [0.15, 0.2) is 0 Å². The van der Waals surface area contributed by atoms with Gasteiger partial charge in [-0.25, -0.2) is 0 Å². The molecule has 0 fully saturated rings. The molecule has 0 spiro atoms. The van der Waals surface area contributed by atoms with Gasteiger partial charge >= 0.3 is 0 Å². The maximum Gasteiger partial charge on any atom is 0.197 e.